The number of hydrogen-bond acceptors (Lipinski definition) is 3. The summed E-state index contributed by atoms with van der Waals surface area (Å²) in [6.45, 7) is 1.33. The summed E-state index contributed by atoms with van der Waals surface area (Å²) in [6.07, 6.45) is 0.726. The molecule has 106 valence electrons. The van der Waals surface area contributed by atoms with Crippen molar-refractivity contribution < 1.29 is 13.9 Å². The van der Waals surface area contributed by atoms with Crippen LogP contribution >= 0.6 is 0 Å². The number of halogens is 1. The van der Waals surface area contributed by atoms with Crippen molar-refractivity contribution >= 4 is 0 Å². The second-order valence-electron chi connectivity index (χ2n) is 4.36. The first-order valence-corrected chi connectivity index (χ1v) is 6.58. The second kappa shape index (κ2) is 7.50. The third-order valence-electron chi connectivity index (χ3n) is 2.74. The Kier molecular flexibility index (Phi) is 5.38. The molecule has 2 rings (SSSR count). The van der Waals surface area contributed by atoms with Gasteiger partial charge in [-0.15, -0.1) is 0 Å². The minimum atomic E-state index is -0.330. The third-order valence-corrected chi connectivity index (χ3v) is 2.74. The summed E-state index contributed by atoms with van der Waals surface area (Å²) in [5.74, 6) is 1.01. The van der Waals surface area contributed by atoms with Crippen LogP contribution in [0, 0.1) is 5.82 Å². The quantitative estimate of drug-likeness (QED) is 0.790. The first-order chi connectivity index (χ1) is 9.78. The molecular formula is C16H18FNO2. The van der Waals surface area contributed by atoms with Gasteiger partial charge in [0.25, 0.3) is 0 Å². The van der Waals surface area contributed by atoms with E-state index in [9.17, 15) is 4.39 Å². The highest BCUT2D eigenvalue weighted by atomic mass is 19.1. The smallest absolute Gasteiger partial charge is 0.127 e. The van der Waals surface area contributed by atoms with Gasteiger partial charge in [0.15, 0.2) is 0 Å². The summed E-state index contributed by atoms with van der Waals surface area (Å²) in [5, 5.41) is 0. The maximum absolute atomic E-state index is 13.3. The molecule has 0 aliphatic carbocycles. The van der Waals surface area contributed by atoms with Crippen molar-refractivity contribution in [1.29, 1.82) is 0 Å². The number of nitrogens with two attached hydrogens (primary N) is 1. The van der Waals surface area contributed by atoms with Crippen LogP contribution in [0.25, 0.3) is 0 Å². The minimum absolute atomic E-state index is 0.297. The van der Waals surface area contributed by atoms with Crippen LogP contribution in [0.5, 0.6) is 11.5 Å². The first kappa shape index (κ1) is 14.3. The van der Waals surface area contributed by atoms with Gasteiger partial charge in [-0.05, 0) is 29.8 Å². The summed E-state index contributed by atoms with van der Waals surface area (Å²) in [6, 6.07) is 14.1. The lowest BCUT2D eigenvalue weighted by Gasteiger charge is -2.09. The molecule has 0 fully saturated rings. The molecule has 20 heavy (non-hydrogen) atoms. The largest absolute Gasteiger partial charge is 0.493 e. The fourth-order valence-electron chi connectivity index (χ4n) is 1.78. The summed E-state index contributed by atoms with van der Waals surface area (Å²) < 4.78 is 24.3. The molecular weight excluding hydrogens is 257 g/mol. The van der Waals surface area contributed by atoms with Crippen LogP contribution in [-0.2, 0) is 6.54 Å². The number of benzene rings is 2. The minimum Gasteiger partial charge on any atom is -0.493 e. The maximum atomic E-state index is 13.3. The van der Waals surface area contributed by atoms with Crippen molar-refractivity contribution in [2.24, 2.45) is 5.73 Å². The monoisotopic (exact) mass is 275 g/mol. The Balaban J connectivity index is 1.72. The van der Waals surface area contributed by atoms with Crippen molar-refractivity contribution in [1.82, 2.24) is 0 Å². The van der Waals surface area contributed by atoms with E-state index in [1.807, 2.05) is 30.3 Å². The van der Waals surface area contributed by atoms with Crippen molar-refractivity contribution in [3.63, 3.8) is 0 Å². The molecule has 0 unspecified atom stereocenters. The highest BCUT2D eigenvalue weighted by Crippen LogP contribution is 2.16. The zero-order valence-electron chi connectivity index (χ0n) is 11.2. The SMILES string of the molecule is NCc1cc(F)cc(OCCCOc2ccccc2)c1. The van der Waals surface area contributed by atoms with Crippen LogP contribution in [0.1, 0.15) is 12.0 Å². The number of para-hydroxylation sites is 1. The van der Waals surface area contributed by atoms with Crippen LogP contribution in [0.2, 0.25) is 0 Å². The van der Waals surface area contributed by atoms with Gasteiger partial charge >= 0.3 is 0 Å². The zero-order chi connectivity index (χ0) is 14.2. The fraction of sp³-hybridized carbons (Fsp3) is 0.250. The Morgan fingerprint density at radius 3 is 2.30 bits per heavy atom. The topological polar surface area (TPSA) is 44.5 Å². The molecule has 0 radical (unpaired) electrons. The van der Waals surface area contributed by atoms with E-state index < -0.39 is 0 Å². The Bertz CT molecular complexity index is 531. The van der Waals surface area contributed by atoms with E-state index in [1.54, 1.807) is 6.07 Å². The maximum Gasteiger partial charge on any atom is 0.127 e. The van der Waals surface area contributed by atoms with Gasteiger partial charge in [0.2, 0.25) is 0 Å². The molecule has 4 heteroatoms. The van der Waals surface area contributed by atoms with Gasteiger partial charge in [0, 0.05) is 19.0 Å². The molecule has 0 spiro atoms. The van der Waals surface area contributed by atoms with Crippen molar-refractivity contribution in [3.8, 4) is 11.5 Å². The average molecular weight is 275 g/mol. The van der Waals surface area contributed by atoms with Gasteiger partial charge in [-0.1, -0.05) is 18.2 Å². The van der Waals surface area contributed by atoms with Crippen LogP contribution in [0.4, 0.5) is 4.39 Å². The second-order valence-corrected chi connectivity index (χ2v) is 4.36. The van der Waals surface area contributed by atoms with E-state index in [1.165, 1.54) is 12.1 Å². The van der Waals surface area contributed by atoms with Crippen molar-refractivity contribution in [2.75, 3.05) is 13.2 Å². The van der Waals surface area contributed by atoms with E-state index in [2.05, 4.69) is 0 Å². The van der Waals surface area contributed by atoms with E-state index >= 15 is 0 Å². The first-order valence-electron chi connectivity index (χ1n) is 6.58. The van der Waals surface area contributed by atoms with Crippen LogP contribution in [0.3, 0.4) is 0 Å². The lowest BCUT2D eigenvalue weighted by atomic mass is 10.2. The van der Waals surface area contributed by atoms with E-state index in [-0.39, 0.29) is 5.82 Å². The highest BCUT2D eigenvalue weighted by Gasteiger charge is 2.01. The molecule has 0 aliphatic heterocycles. The molecule has 2 aromatic rings. The lowest BCUT2D eigenvalue weighted by molar-refractivity contribution is 0.247. The normalized spacial score (nSPS) is 10.3. The summed E-state index contributed by atoms with van der Waals surface area (Å²) >= 11 is 0. The molecule has 0 bridgehead atoms. The van der Waals surface area contributed by atoms with Gasteiger partial charge in [0.05, 0.1) is 13.2 Å². The van der Waals surface area contributed by atoms with E-state index in [0.717, 1.165) is 17.7 Å². The van der Waals surface area contributed by atoms with Gasteiger partial charge in [-0.2, -0.15) is 0 Å². The Morgan fingerprint density at radius 1 is 0.900 bits per heavy atom. The number of rotatable bonds is 7. The molecule has 0 atom stereocenters. The van der Waals surface area contributed by atoms with E-state index in [0.29, 0.717) is 25.5 Å². The Hall–Kier alpha value is -2.07. The number of ether oxygens (including phenoxy) is 2. The third kappa shape index (κ3) is 4.55. The van der Waals surface area contributed by atoms with Gasteiger partial charge < -0.3 is 15.2 Å². The van der Waals surface area contributed by atoms with E-state index in [4.69, 9.17) is 15.2 Å². The molecule has 0 saturated carbocycles. The molecule has 0 aromatic heterocycles. The molecule has 0 heterocycles. The predicted octanol–water partition coefficient (Wildman–Crippen LogP) is 3.13. The molecule has 2 aromatic carbocycles. The molecule has 0 amide bonds. The summed E-state index contributed by atoms with van der Waals surface area (Å²) in [5.41, 5.74) is 6.21. The van der Waals surface area contributed by atoms with Crippen molar-refractivity contribution in [2.45, 2.75) is 13.0 Å². The molecule has 2 N–H and O–H groups in total. The van der Waals surface area contributed by atoms with Gasteiger partial charge in [0.1, 0.15) is 17.3 Å². The summed E-state index contributed by atoms with van der Waals surface area (Å²) in [7, 11) is 0. The zero-order valence-corrected chi connectivity index (χ0v) is 11.2. The highest BCUT2D eigenvalue weighted by molar-refractivity contribution is 5.29. The van der Waals surface area contributed by atoms with Gasteiger partial charge in [-0.3, -0.25) is 0 Å². The summed E-state index contributed by atoms with van der Waals surface area (Å²) in [4.78, 5) is 0. The van der Waals surface area contributed by atoms with Crippen LogP contribution < -0.4 is 15.2 Å². The Morgan fingerprint density at radius 2 is 1.60 bits per heavy atom. The van der Waals surface area contributed by atoms with Crippen molar-refractivity contribution in [3.05, 3.63) is 59.9 Å². The van der Waals surface area contributed by atoms with Gasteiger partial charge in [-0.25, -0.2) is 4.39 Å². The molecule has 0 aliphatic rings. The van der Waals surface area contributed by atoms with Crippen LogP contribution in [-0.4, -0.2) is 13.2 Å². The fourth-order valence-corrected chi connectivity index (χ4v) is 1.78. The molecule has 0 saturated heterocycles. The average Bonchev–Trinajstić information content (AvgIpc) is 2.47. The molecule has 3 nitrogen and oxygen atoms in total. The standard InChI is InChI=1S/C16H18FNO2/c17-14-9-13(12-18)10-16(11-14)20-8-4-7-19-15-5-2-1-3-6-15/h1-3,5-6,9-11H,4,7-8,12,18H2. The predicted molar refractivity (Wildman–Crippen MR) is 76.3 cm³/mol. The van der Waals surface area contributed by atoms with Crippen LogP contribution in [0.15, 0.2) is 48.5 Å². The lowest BCUT2D eigenvalue weighted by Crippen LogP contribution is -2.06. The number of hydrogen-bond donors (Lipinski definition) is 1. The Labute approximate surface area is 118 Å².